The largest absolute Gasteiger partial charge is 0.416 e. The van der Waals surface area contributed by atoms with Crippen molar-refractivity contribution in [3.63, 3.8) is 0 Å². The second-order valence-electron chi connectivity index (χ2n) is 6.27. The Morgan fingerprint density at radius 1 is 1.00 bits per heavy atom. The van der Waals surface area contributed by atoms with Crippen LogP contribution in [0.3, 0.4) is 0 Å². The number of carbonyl (C=O) groups is 1. The maximum Gasteiger partial charge on any atom is 0.251 e. The molecule has 0 fully saturated rings. The van der Waals surface area contributed by atoms with Crippen molar-refractivity contribution in [2.45, 2.75) is 33.1 Å². The Kier molecular flexibility index (Phi) is 5.79. The van der Waals surface area contributed by atoms with Crippen LogP contribution in [0.5, 0.6) is 0 Å². The number of nitrogens with zero attached hydrogens (tertiary/aromatic N) is 2. The first kappa shape index (κ1) is 17.9. The van der Waals surface area contributed by atoms with Crippen molar-refractivity contribution in [2.24, 2.45) is 0 Å². The highest BCUT2D eigenvalue weighted by Gasteiger charge is 2.13. The lowest BCUT2D eigenvalue weighted by Gasteiger charge is -2.05. The Hall–Kier alpha value is -2.95. The average Bonchev–Trinajstić information content (AvgIpc) is 3.15. The van der Waals surface area contributed by atoms with Crippen molar-refractivity contribution in [3.8, 4) is 22.9 Å². The molecule has 0 aliphatic rings. The van der Waals surface area contributed by atoms with E-state index in [-0.39, 0.29) is 5.91 Å². The van der Waals surface area contributed by atoms with E-state index in [1.54, 1.807) is 12.1 Å². The van der Waals surface area contributed by atoms with Crippen LogP contribution in [0.25, 0.3) is 22.9 Å². The second kappa shape index (κ2) is 8.43. The summed E-state index contributed by atoms with van der Waals surface area (Å²) in [6, 6.07) is 15.1. The predicted molar refractivity (Wildman–Crippen MR) is 102 cm³/mol. The zero-order chi connectivity index (χ0) is 18.4. The topological polar surface area (TPSA) is 68.0 Å². The van der Waals surface area contributed by atoms with E-state index >= 15 is 0 Å². The van der Waals surface area contributed by atoms with Gasteiger partial charge in [-0.3, -0.25) is 4.79 Å². The van der Waals surface area contributed by atoms with Gasteiger partial charge in [0.05, 0.1) is 0 Å². The van der Waals surface area contributed by atoms with Crippen LogP contribution in [0.4, 0.5) is 0 Å². The fourth-order valence-corrected chi connectivity index (χ4v) is 2.70. The molecule has 3 aromatic rings. The summed E-state index contributed by atoms with van der Waals surface area (Å²) in [6.45, 7) is 4.85. The highest BCUT2D eigenvalue weighted by molar-refractivity contribution is 5.94. The molecule has 1 heterocycles. The van der Waals surface area contributed by atoms with Crippen LogP contribution in [-0.2, 0) is 0 Å². The van der Waals surface area contributed by atoms with E-state index in [9.17, 15) is 4.79 Å². The van der Waals surface area contributed by atoms with Crippen molar-refractivity contribution in [1.29, 1.82) is 0 Å². The Balaban J connectivity index is 1.69. The van der Waals surface area contributed by atoms with Crippen LogP contribution in [0.2, 0.25) is 0 Å². The number of carbonyl (C=O) groups excluding carboxylic acids is 1. The summed E-state index contributed by atoms with van der Waals surface area (Å²) >= 11 is 0. The van der Waals surface area contributed by atoms with Crippen LogP contribution >= 0.6 is 0 Å². The third kappa shape index (κ3) is 4.17. The van der Waals surface area contributed by atoms with Gasteiger partial charge in [-0.1, -0.05) is 38.0 Å². The second-order valence-corrected chi connectivity index (χ2v) is 6.27. The molecule has 0 aliphatic carbocycles. The molecule has 0 saturated carbocycles. The van der Waals surface area contributed by atoms with Gasteiger partial charge in [0.15, 0.2) is 0 Å². The SMILES string of the molecule is CCCCCNC(=O)c1ccc(-c2nnc(-c3ccccc3C)o2)cc1. The Morgan fingerprint density at radius 3 is 2.46 bits per heavy atom. The van der Waals surface area contributed by atoms with Gasteiger partial charge in [-0.05, 0) is 49.2 Å². The summed E-state index contributed by atoms with van der Waals surface area (Å²) in [5.41, 5.74) is 3.43. The molecule has 0 radical (unpaired) electrons. The quantitative estimate of drug-likeness (QED) is 0.631. The summed E-state index contributed by atoms with van der Waals surface area (Å²) < 4.78 is 5.81. The number of aryl methyl sites for hydroxylation is 1. The van der Waals surface area contributed by atoms with Gasteiger partial charge in [0.1, 0.15) is 0 Å². The lowest BCUT2D eigenvalue weighted by Crippen LogP contribution is -2.24. The predicted octanol–water partition coefficient (Wildman–Crippen LogP) is 4.63. The monoisotopic (exact) mass is 349 g/mol. The molecule has 0 bridgehead atoms. The standard InChI is InChI=1S/C21H23N3O2/c1-3-4-7-14-22-19(25)16-10-12-17(13-11-16)20-23-24-21(26-20)18-9-6-5-8-15(18)2/h5-6,8-13H,3-4,7,14H2,1-2H3,(H,22,25). The molecular formula is C21H23N3O2. The van der Waals surface area contributed by atoms with E-state index in [1.165, 1.54) is 0 Å². The highest BCUT2D eigenvalue weighted by atomic mass is 16.4. The van der Waals surface area contributed by atoms with E-state index in [1.807, 2.05) is 43.3 Å². The van der Waals surface area contributed by atoms with Gasteiger partial charge in [0.25, 0.3) is 5.91 Å². The number of unbranched alkanes of at least 4 members (excludes halogenated alkanes) is 2. The Morgan fingerprint density at radius 2 is 1.73 bits per heavy atom. The normalized spacial score (nSPS) is 10.7. The number of aromatic nitrogens is 2. The zero-order valence-corrected chi connectivity index (χ0v) is 15.2. The minimum Gasteiger partial charge on any atom is -0.416 e. The maximum absolute atomic E-state index is 12.1. The molecule has 0 spiro atoms. The van der Waals surface area contributed by atoms with Gasteiger partial charge >= 0.3 is 0 Å². The zero-order valence-electron chi connectivity index (χ0n) is 15.2. The van der Waals surface area contributed by atoms with E-state index < -0.39 is 0 Å². The van der Waals surface area contributed by atoms with Crippen LogP contribution in [0.1, 0.15) is 42.1 Å². The maximum atomic E-state index is 12.1. The van der Waals surface area contributed by atoms with Gasteiger partial charge in [-0.15, -0.1) is 10.2 Å². The number of nitrogens with one attached hydrogen (secondary N) is 1. The first-order valence-electron chi connectivity index (χ1n) is 8.97. The van der Waals surface area contributed by atoms with Gasteiger partial charge in [-0.2, -0.15) is 0 Å². The van der Waals surface area contributed by atoms with Gasteiger partial charge in [0.2, 0.25) is 11.8 Å². The molecular weight excluding hydrogens is 326 g/mol. The fraction of sp³-hybridized carbons (Fsp3) is 0.286. The molecule has 0 saturated heterocycles. The molecule has 0 atom stereocenters. The van der Waals surface area contributed by atoms with Crippen LogP contribution in [0, 0.1) is 6.92 Å². The first-order chi connectivity index (χ1) is 12.7. The number of rotatable bonds is 7. The number of hydrogen-bond acceptors (Lipinski definition) is 4. The van der Waals surface area contributed by atoms with E-state index in [2.05, 4.69) is 22.4 Å². The minimum atomic E-state index is -0.0567. The van der Waals surface area contributed by atoms with Gasteiger partial charge < -0.3 is 9.73 Å². The number of hydrogen-bond donors (Lipinski definition) is 1. The molecule has 2 aromatic carbocycles. The van der Waals surface area contributed by atoms with Crippen LogP contribution in [0.15, 0.2) is 52.9 Å². The number of benzene rings is 2. The molecule has 134 valence electrons. The summed E-state index contributed by atoms with van der Waals surface area (Å²) in [6.07, 6.45) is 3.27. The van der Waals surface area contributed by atoms with Crippen LogP contribution < -0.4 is 5.32 Å². The Bertz CT molecular complexity index is 869. The lowest BCUT2D eigenvalue weighted by atomic mass is 10.1. The third-order valence-corrected chi connectivity index (χ3v) is 4.26. The molecule has 1 aromatic heterocycles. The molecule has 5 heteroatoms. The molecule has 0 unspecified atom stereocenters. The molecule has 1 amide bonds. The summed E-state index contributed by atoms with van der Waals surface area (Å²) in [5, 5.41) is 11.2. The number of amides is 1. The lowest BCUT2D eigenvalue weighted by molar-refractivity contribution is 0.0953. The van der Waals surface area contributed by atoms with E-state index in [4.69, 9.17) is 4.42 Å². The van der Waals surface area contributed by atoms with Crippen molar-refractivity contribution >= 4 is 5.91 Å². The summed E-state index contributed by atoms with van der Waals surface area (Å²) in [5.74, 6) is 0.882. The molecule has 3 rings (SSSR count). The summed E-state index contributed by atoms with van der Waals surface area (Å²) in [7, 11) is 0. The molecule has 0 aliphatic heterocycles. The van der Waals surface area contributed by atoms with Crippen molar-refractivity contribution in [3.05, 3.63) is 59.7 Å². The molecule has 5 nitrogen and oxygen atoms in total. The van der Waals surface area contributed by atoms with Crippen molar-refractivity contribution < 1.29 is 9.21 Å². The third-order valence-electron chi connectivity index (χ3n) is 4.26. The highest BCUT2D eigenvalue weighted by Crippen LogP contribution is 2.26. The average molecular weight is 349 g/mol. The van der Waals surface area contributed by atoms with E-state index in [0.29, 0.717) is 23.9 Å². The van der Waals surface area contributed by atoms with Crippen molar-refractivity contribution in [1.82, 2.24) is 15.5 Å². The van der Waals surface area contributed by atoms with Crippen molar-refractivity contribution in [2.75, 3.05) is 6.54 Å². The van der Waals surface area contributed by atoms with Crippen LogP contribution in [-0.4, -0.2) is 22.6 Å². The summed E-state index contributed by atoms with van der Waals surface area (Å²) in [4.78, 5) is 12.1. The molecule has 1 N–H and O–H groups in total. The Labute approximate surface area is 153 Å². The minimum absolute atomic E-state index is 0.0567. The van der Waals surface area contributed by atoms with E-state index in [0.717, 1.165) is 36.0 Å². The smallest absolute Gasteiger partial charge is 0.251 e. The van der Waals surface area contributed by atoms with Gasteiger partial charge in [0, 0.05) is 23.2 Å². The molecule has 26 heavy (non-hydrogen) atoms. The fourth-order valence-electron chi connectivity index (χ4n) is 2.70. The first-order valence-corrected chi connectivity index (χ1v) is 8.97. The van der Waals surface area contributed by atoms with Gasteiger partial charge in [-0.25, -0.2) is 0 Å².